The average Bonchev–Trinajstić information content (AvgIpc) is 3.17. The van der Waals surface area contributed by atoms with E-state index in [1.807, 2.05) is 17.0 Å². The van der Waals surface area contributed by atoms with Crippen molar-refractivity contribution in [2.45, 2.75) is 44.1 Å². The molecule has 0 spiro atoms. The molecule has 2 N–H and O–H groups in total. The van der Waals surface area contributed by atoms with E-state index < -0.39 is 11.6 Å². The molecule has 1 aliphatic carbocycles. The maximum atomic E-state index is 12.5. The minimum atomic E-state index is -1.13. The van der Waals surface area contributed by atoms with Crippen LogP contribution in [0.1, 0.15) is 48.0 Å². The molecular weight excluding hydrogens is 294 g/mol. The molecule has 0 aromatic heterocycles. The SMILES string of the molecule is O=C(O)c1ccc(CC2CCN(C(=O)C3(O)CCCC3)C2)cc1. The second-order valence-corrected chi connectivity index (χ2v) is 6.85. The summed E-state index contributed by atoms with van der Waals surface area (Å²) < 4.78 is 0. The molecule has 23 heavy (non-hydrogen) atoms. The maximum absolute atomic E-state index is 12.5. The van der Waals surface area contributed by atoms with Crippen LogP contribution in [0.2, 0.25) is 0 Å². The van der Waals surface area contributed by atoms with Crippen LogP contribution in [-0.2, 0) is 11.2 Å². The molecule has 2 fully saturated rings. The Morgan fingerprint density at radius 3 is 2.43 bits per heavy atom. The molecule has 1 saturated heterocycles. The minimum Gasteiger partial charge on any atom is -0.478 e. The third kappa shape index (κ3) is 3.39. The van der Waals surface area contributed by atoms with Gasteiger partial charge in [0.05, 0.1) is 5.56 Å². The first-order valence-corrected chi connectivity index (χ1v) is 8.32. The number of rotatable bonds is 4. The van der Waals surface area contributed by atoms with Crippen LogP contribution in [0.5, 0.6) is 0 Å². The highest BCUT2D eigenvalue weighted by atomic mass is 16.4. The Kier molecular flexibility index (Phi) is 4.39. The number of aliphatic hydroxyl groups is 1. The molecule has 0 radical (unpaired) electrons. The number of amides is 1. The summed E-state index contributed by atoms with van der Waals surface area (Å²) in [6, 6.07) is 6.93. The summed E-state index contributed by atoms with van der Waals surface area (Å²) in [6.45, 7) is 1.39. The third-order valence-electron chi connectivity index (χ3n) is 5.13. The highest BCUT2D eigenvalue weighted by Crippen LogP contribution is 2.33. The Bertz CT molecular complexity index is 590. The van der Waals surface area contributed by atoms with Crippen LogP contribution in [-0.4, -0.2) is 45.7 Å². The van der Waals surface area contributed by atoms with E-state index in [9.17, 15) is 14.7 Å². The maximum Gasteiger partial charge on any atom is 0.335 e. The average molecular weight is 317 g/mol. The van der Waals surface area contributed by atoms with E-state index in [4.69, 9.17) is 5.11 Å². The molecule has 1 aliphatic heterocycles. The monoisotopic (exact) mass is 317 g/mol. The van der Waals surface area contributed by atoms with Crippen LogP contribution in [0, 0.1) is 5.92 Å². The van der Waals surface area contributed by atoms with Gasteiger partial charge in [-0.1, -0.05) is 12.1 Å². The molecule has 1 atom stereocenters. The fourth-order valence-corrected chi connectivity index (χ4v) is 3.77. The van der Waals surface area contributed by atoms with Gasteiger partial charge in [0, 0.05) is 13.1 Å². The minimum absolute atomic E-state index is 0.0984. The third-order valence-corrected chi connectivity index (χ3v) is 5.13. The first kappa shape index (κ1) is 16.0. The van der Waals surface area contributed by atoms with Crippen molar-refractivity contribution in [2.24, 2.45) is 5.92 Å². The first-order chi connectivity index (χ1) is 11.0. The normalized spacial score (nSPS) is 23.2. The zero-order valence-corrected chi connectivity index (χ0v) is 13.2. The summed E-state index contributed by atoms with van der Waals surface area (Å²) in [7, 11) is 0. The number of carboxylic acids is 1. The molecule has 1 heterocycles. The summed E-state index contributed by atoms with van der Waals surface area (Å²) in [5, 5.41) is 19.3. The van der Waals surface area contributed by atoms with E-state index in [1.54, 1.807) is 12.1 Å². The van der Waals surface area contributed by atoms with Gasteiger partial charge in [-0.2, -0.15) is 0 Å². The lowest BCUT2D eigenvalue weighted by molar-refractivity contribution is -0.149. The molecular formula is C18H23NO4. The van der Waals surface area contributed by atoms with Gasteiger partial charge in [-0.15, -0.1) is 0 Å². The summed E-state index contributed by atoms with van der Waals surface area (Å²) in [4.78, 5) is 25.2. The van der Waals surface area contributed by atoms with Crippen LogP contribution in [0.15, 0.2) is 24.3 Å². The van der Waals surface area contributed by atoms with Crippen molar-refractivity contribution in [1.82, 2.24) is 4.90 Å². The Morgan fingerprint density at radius 2 is 1.83 bits per heavy atom. The summed E-state index contributed by atoms with van der Waals surface area (Å²) in [6.07, 6.45) is 4.79. The van der Waals surface area contributed by atoms with Crippen molar-refractivity contribution in [3.63, 3.8) is 0 Å². The zero-order chi connectivity index (χ0) is 16.4. The van der Waals surface area contributed by atoms with Gasteiger partial charge in [-0.3, -0.25) is 4.79 Å². The fraction of sp³-hybridized carbons (Fsp3) is 0.556. The molecule has 1 amide bonds. The molecule has 1 saturated carbocycles. The Morgan fingerprint density at radius 1 is 1.17 bits per heavy atom. The van der Waals surface area contributed by atoms with Gasteiger partial charge in [0.25, 0.3) is 5.91 Å². The van der Waals surface area contributed by atoms with Crippen LogP contribution >= 0.6 is 0 Å². The molecule has 1 unspecified atom stereocenters. The Balaban J connectivity index is 1.57. The number of benzene rings is 1. The van der Waals surface area contributed by atoms with Crippen molar-refractivity contribution in [3.8, 4) is 0 Å². The van der Waals surface area contributed by atoms with E-state index in [0.717, 1.165) is 31.2 Å². The second kappa shape index (κ2) is 6.32. The van der Waals surface area contributed by atoms with Crippen molar-refractivity contribution in [3.05, 3.63) is 35.4 Å². The molecule has 124 valence electrons. The molecule has 0 bridgehead atoms. The van der Waals surface area contributed by atoms with Gasteiger partial charge in [0.2, 0.25) is 0 Å². The van der Waals surface area contributed by atoms with E-state index in [0.29, 0.717) is 37.4 Å². The number of nitrogens with zero attached hydrogens (tertiary/aromatic N) is 1. The molecule has 1 aromatic rings. The number of hydrogen-bond acceptors (Lipinski definition) is 3. The second-order valence-electron chi connectivity index (χ2n) is 6.85. The molecule has 5 nitrogen and oxygen atoms in total. The highest BCUT2D eigenvalue weighted by Gasteiger charge is 2.43. The number of carboxylic acid groups (broad SMARTS) is 1. The molecule has 1 aromatic carbocycles. The topological polar surface area (TPSA) is 77.8 Å². The fourth-order valence-electron chi connectivity index (χ4n) is 3.77. The standard InChI is InChI=1S/C18H23NO4/c20-16(21)15-5-3-13(4-6-15)11-14-7-10-19(12-14)17(22)18(23)8-1-2-9-18/h3-6,14,23H,1-2,7-12H2,(H,20,21). The lowest BCUT2D eigenvalue weighted by Crippen LogP contribution is -2.46. The Labute approximate surface area is 135 Å². The molecule has 3 rings (SSSR count). The summed E-state index contributed by atoms with van der Waals surface area (Å²) in [5.41, 5.74) is 0.257. The van der Waals surface area contributed by atoms with Crippen molar-refractivity contribution >= 4 is 11.9 Å². The lowest BCUT2D eigenvalue weighted by Gasteiger charge is -2.27. The van der Waals surface area contributed by atoms with E-state index in [1.165, 1.54) is 0 Å². The number of carbonyl (C=O) groups is 2. The lowest BCUT2D eigenvalue weighted by atomic mass is 9.97. The van der Waals surface area contributed by atoms with Crippen LogP contribution in [0.25, 0.3) is 0 Å². The predicted octanol–water partition coefficient (Wildman–Crippen LogP) is 2.08. The van der Waals surface area contributed by atoms with Crippen LogP contribution in [0.4, 0.5) is 0 Å². The largest absolute Gasteiger partial charge is 0.478 e. The van der Waals surface area contributed by atoms with E-state index in [-0.39, 0.29) is 5.91 Å². The smallest absolute Gasteiger partial charge is 0.335 e. The zero-order valence-electron chi connectivity index (χ0n) is 13.2. The summed E-state index contributed by atoms with van der Waals surface area (Å²) in [5.74, 6) is -0.641. The number of likely N-dealkylation sites (tertiary alicyclic amines) is 1. The van der Waals surface area contributed by atoms with Gasteiger partial charge in [-0.05, 0) is 62.1 Å². The van der Waals surface area contributed by atoms with E-state index in [2.05, 4.69) is 0 Å². The van der Waals surface area contributed by atoms with Crippen molar-refractivity contribution in [1.29, 1.82) is 0 Å². The van der Waals surface area contributed by atoms with Gasteiger partial charge in [0.1, 0.15) is 5.60 Å². The highest BCUT2D eigenvalue weighted by molar-refractivity contribution is 5.87. The van der Waals surface area contributed by atoms with Crippen molar-refractivity contribution < 1.29 is 19.8 Å². The Hall–Kier alpha value is -1.88. The predicted molar refractivity (Wildman–Crippen MR) is 85.2 cm³/mol. The number of hydrogen-bond donors (Lipinski definition) is 2. The first-order valence-electron chi connectivity index (χ1n) is 8.32. The van der Waals surface area contributed by atoms with E-state index >= 15 is 0 Å². The van der Waals surface area contributed by atoms with Crippen LogP contribution < -0.4 is 0 Å². The van der Waals surface area contributed by atoms with Crippen LogP contribution in [0.3, 0.4) is 0 Å². The van der Waals surface area contributed by atoms with Gasteiger partial charge >= 0.3 is 5.97 Å². The van der Waals surface area contributed by atoms with Gasteiger partial charge in [0.15, 0.2) is 0 Å². The number of carbonyl (C=O) groups excluding carboxylic acids is 1. The quantitative estimate of drug-likeness (QED) is 0.891. The van der Waals surface area contributed by atoms with Crippen molar-refractivity contribution in [2.75, 3.05) is 13.1 Å². The molecule has 2 aliphatic rings. The number of aromatic carboxylic acids is 1. The van der Waals surface area contributed by atoms with Gasteiger partial charge < -0.3 is 15.1 Å². The summed E-state index contributed by atoms with van der Waals surface area (Å²) >= 11 is 0. The van der Waals surface area contributed by atoms with Gasteiger partial charge in [-0.25, -0.2) is 4.79 Å². The molecule has 5 heteroatoms.